The maximum absolute atomic E-state index is 13.1. The van der Waals surface area contributed by atoms with Crippen LogP contribution in [-0.2, 0) is 9.59 Å². The summed E-state index contributed by atoms with van der Waals surface area (Å²) in [6.45, 7) is 2.99. The van der Waals surface area contributed by atoms with E-state index in [2.05, 4.69) is 11.8 Å². The molecule has 1 aromatic rings. The highest BCUT2D eigenvalue weighted by atomic mass is 16.2. The third kappa shape index (κ3) is 4.22. The van der Waals surface area contributed by atoms with Crippen molar-refractivity contribution in [1.82, 2.24) is 9.80 Å². The molecular formula is C21H26N2O2. The van der Waals surface area contributed by atoms with E-state index in [1.807, 2.05) is 42.2 Å². The molecule has 4 nitrogen and oxygen atoms in total. The molecule has 25 heavy (non-hydrogen) atoms. The van der Waals surface area contributed by atoms with Gasteiger partial charge in [0.25, 0.3) is 0 Å². The van der Waals surface area contributed by atoms with Gasteiger partial charge in [-0.1, -0.05) is 42.9 Å². The molecule has 1 aliphatic carbocycles. The Kier molecular flexibility index (Phi) is 5.75. The van der Waals surface area contributed by atoms with Crippen LogP contribution in [0.15, 0.2) is 30.3 Å². The Morgan fingerprint density at radius 1 is 1.24 bits per heavy atom. The number of rotatable bonds is 4. The second-order valence-corrected chi connectivity index (χ2v) is 6.94. The first-order chi connectivity index (χ1) is 12.2. The maximum Gasteiger partial charge on any atom is 0.246 e. The molecule has 2 fully saturated rings. The van der Waals surface area contributed by atoms with E-state index in [0.717, 1.165) is 37.7 Å². The van der Waals surface area contributed by atoms with Crippen LogP contribution in [0.5, 0.6) is 0 Å². The van der Waals surface area contributed by atoms with Crippen LogP contribution in [0.3, 0.4) is 0 Å². The van der Waals surface area contributed by atoms with Crippen LogP contribution >= 0.6 is 0 Å². The zero-order valence-corrected chi connectivity index (χ0v) is 14.9. The van der Waals surface area contributed by atoms with E-state index in [1.54, 1.807) is 4.90 Å². The number of carbonyl (C=O) groups is 2. The molecule has 1 aromatic carbocycles. The van der Waals surface area contributed by atoms with Gasteiger partial charge in [-0.3, -0.25) is 9.59 Å². The SMILES string of the molecule is CC(C(=O)N(CC#Cc1ccccc1)C1CCCC1)N1CCCC1=O. The molecule has 4 heteroatoms. The maximum atomic E-state index is 13.1. The van der Waals surface area contributed by atoms with Gasteiger partial charge >= 0.3 is 0 Å². The minimum absolute atomic E-state index is 0.0458. The number of likely N-dealkylation sites (tertiary alicyclic amines) is 1. The van der Waals surface area contributed by atoms with Crippen molar-refractivity contribution < 1.29 is 9.59 Å². The number of benzene rings is 1. The van der Waals surface area contributed by atoms with Gasteiger partial charge in [0.05, 0.1) is 6.54 Å². The van der Waals surface area contributed by atoms with Crippen molar-refractivity contribution in [3.63, 3.8) is 0 Å². The van der Waals surface area contributed by atoms with Crippen LogP contribution in [0.4, 0.5) is 0 Å². The van der Waals surface area contributed by atoms with E-state index in [0.29, 0.717) is 19.5 Å². The van der Waals surface area contributed by atoms with Gasteiger partial charge in [0.1, 0.15) is 6.04 Å². The molecule has 2 amide bonds. The van der Waals surface area contributed by atoms with Gasteiger partial charge in [-0.05, 0) is 38.3 Å². The number of carbonyl (C=O) groups excluding carboxylic acids is 2. The standard InChI is InChI=1S/C21H26N2O2/c1-17(22-15-8-14-20(22)24)21(25)23(19-12-5-6-13-19)16-7-11-18-9-3-2-4-10-18/h2-4,9-10,17,19H,5-6,8,12-16H2,1H3. The van der Waals surface area contributed by atoms with E-state index in [-0.39, 0.29) is 23.9 Å². The summed E-state index contributed by atoms with van der Waals surface area (Å²) >= 11 is 0. The van der Waals surface area contributed by atoms with Gasteiger partial charge < -0.3 is 9.80 Å². The molecule has 1 unspecified atom stereocenters. The van der Waals surface area contributed by atoms with Crippen molar-refractivity contribution in [2.24, 2.45) is 0 Å². The van der Waals surface area contributed by atoms with Gasteiger partial charge in [0.15, 0.2) is 0 Å². The van der Waals surface area contributed by atoms with Gasteiger partial charge in [-0.25, -0.2) is 0 Å². The largest absolute Gasteiger partial charge is 0.331 e. The molecule has 1 saturated carbocycles. The minimum Gasteiger partial charge on any atom is -0.331 e. The predicted octanol–water partition coefficient (Wildman–Crippen LogP) is 2.82. The zero-order chi connectivity index (χ0) is 17.6. The Morgan fingerprint density at radius 3 is 2.60 bits per heavy atom. The quantitative estimate of drug-likeness (QED) is 0.792. The number of hydrogen-bond acceptors (Lipinski definition) is 2. The molecule has 0 bridgehead atoms. The molecule has 0 spiro atoms. The van der Waals surface area contributed by atoms with Crippen molar-refractivity contribution in [2.45, 2.75) is 57.5 Å². The average Bonchev–Trinajstić information content (AvgIpc) is 3.30. The van der Waals surface area contributed by atoms with Crippen LogP contribution < -0.4 is 0 Å². The summed E-state index contributed by atoms with van der Waals surface area (Å²) in [4.78, 5) is 28.7. The molecule has 0 N–H and O–H groups in total. The molecule has 0 radical (unpaired) electrons. The Labute approximate surface area is 150 Å². The fourth-order valence-electron chi connectivity index (χ4n) is 3.80. The van der Waals surface area contributed by atoms with Crippen molar-refractivity contribution >= 4 is 11.8 Å². The van der Waals surface area contributed by atoms with E-state index < -0.39 is 0 Å². The Morgan fingerprint density at radius 2 is 1.96 bits per heavy atom. The molecule has 3 rings (SSSR count). The van der Waals surface area contributed by atoms with E-state index >= 15 is 0 Å². The predicted molar refractivity (Wildman–Crippen MR) is 97.7 cm³/mol. The summed E-state index contributed by atoms with van der Waals surface area (Å²) in [5, 5.41) is 0. The van der Waals surface area contributed by atoms with Crippen LogP contribution in [0.1, 0.15) is 51.0 Å². The lowest BCUT2D eigenvalue weighted by Gasteiger charge is -2.33. The molecule has 1 atom stereocenters. The van der Waals surface area contributed by atoms with Gasteiger partial charge in [-0.15, -0.1) is 0 Å². The number of hydrogen-bond donors (Lipinski definition) is 0. The lowest BCUT2D eigenvalue weighted by molar-refractivity contribution is -0.143. The second kappa shape index (κ2) is 8.20. The summed E-state index contributed by atoms with van der Waals surface area (Å²) < 4.78 is 0. The number of amides is 2. The second-order valence-electron chi connectivity index (χ2n) is 6.94. The first-order valence-electron chi connectivity index (χ1n) is 9.30. The lowest BCUT2D eigenvalue weighted by Crippen LogP contribution is -2.50. The van der Waals surface area contributed by atoms with Crippen LogP contribution in [0.2, 0.25) is 0 Å². The number of nitrogens with zero attached hydrogens (tertiary/aromatic N) is 2. The summed E-state index contributed by atoms with van der Waals surface area (Å²) in [6, 6.07) is 9.72. The van der Waals surface area contributed by atoms with Crippen molar-refractivity contribution in [1.29, 1.82) is 0 Å². The van der Waals surface area contributed by atoms with Crippen molar-refractivity contribution in [2.75, 3.05) is 13.1 Å². The van der Waals surface area contributed by atoms with Crippen LogP contribution in [-0.4, -0.2) is 46.8 Å². The molecule has 1 aliphatic heterocycles. The Bertz CT molecular complexity index is 668. The first kappa shape index (κ1) is 17.5. The molecule has 132 valence electrons. The molecular weight excluding hydrogens is 312 g/mol. The average molecular weight is 338 g/mol. The fourth-order valence-corrected chi connectivity index (χ4v) is 3.80. The summed E-state index contributed by atoms with van der Waals surface area (Å²) in [7, 11) is 0. The van der Waals surface area contributed by atoms with Crippen LogP contribution in [0, 0.1) is 11.8 Å². The highest BCUT2D eigenvalue weighted by Crippen LogP contribution is 2.25. The molecule has 0 aromatic heterocycles. The highest BCUT2D eigenvalue weighted by molar-refractivity contribution is 5.88. The third-order valence-corrected chi connectivity index (χ3v) is 5.24. The summed E-state index contributed by atoms with van der Waals surface area (Å²) in [6.07, 6.45) is 5.83. The fraction of sp³-hybridized carbons (Fsp3) is 0.524. The topological polar surface area (TPSA) is 40.6 Å². The third-order valence-electron chi connectivity index (χ3n) is 5.24. The highest BCUT2D eigenvalue weighted by Gasteiger charge is 2.35. The first-order valence-corrected chi connectivity index (χ1v) is 9.30. The Balaban J connectivity index is 1.71. The normalized spacial score (nSPS) is 18.8. The molecule has 1 saturated heterocycles. The Hall–Kier alpha value is -2.28. The minimum atomic E-state index is -0.380. The van der Waals surface area contributed by atoms with Gasteiger partial charge in [-0.2, -0.15) is 0 Å². The smallest absolute Gasteiger partial charge is 0.246 e. The lowest BCUT2D eigenvalue weighted by atomic mass is 10.1. The van der Waals surface area contributed by atoms with Crippen molar-refractivity contribution in [3.05, 3.63) is 35.9 Å². The van der Waals surface area contributed by atoms with Gasteiger partial charge in [0, 0.05) is 24.6 Å². The molecule has 1 heterocycles. The monoisotopic (exact) mass is 338 g/mol. The van der Waals surface area contributed by atoms with Crippen molar-refractivity contribution in [3.8, 4) is 11.8 Å². The summed E-state index contributed by atoms with van der Waals surface area (Å²) in [5.41, 5.74) is 0.962. The molecule has 2 aliphatic rings. The summed E-state index contributed by atoms with van der Waals surface area (Å²) in [5.74, 6) is 6.46. The van der Waals surface area contributed by atoms with Gasteiger partial charge in [0.2, 0.25) is 11.8 Å². The van der Waals surface area contributed by atoms with E-state index in [9.17, 15) is 9.59 Å². The van der Waals surface area contributed by atoms with E-state index in [1.165, 1.54) is 0 Å². The van der Waals surface area contributed by atoms with E-state index in [4.69, 9.17) is 0 Å². The zero-order valence-electron chi connectivity index (χ0n) is 14.9. The van der Waals surface area contributed by atoms with Crippen LogP contribution in [0.25, 0.3) is 0 Å².